The average molecular weight is 266 g/mol. The molecule has 1 aromatic heterocycles. The minimum atomic E-state index is -0.578. The average Bonchev–Trinajstić information content (AvgIpc) is 2.81. The summed E-state index contributed by atoms with van der Waals surface area (Å²) in [6.45, 7) is 0. The van der Waals surface area contributed by atoms with Crippen LogP contribution in [0.3, 0.4) is 0 Å². The zero-order chi connectivity index (χ0) is 12.3. The van der Waals surface area contributed by atoms with Crippen LogP contribution in [0, 0.1) is 17.1 Å². The van der Waals surface area contributed by atoms with Crippen LogP contribution in [0.5, 0.6) is 5.75 Å². The fourth-order valence-electron chi connectivity index (χ4n) is 1.25. The van der Waals surface area contributed by atoms with Crippen molar-refractivity contribution in [2.24, 2.45) is 0 Å². The first-order valence-electron chi connectivity index (χ1n) is 4.59. The van der Waals surface area contributed by atoms with Gasteiger partial charge >= 0.3 is 0 Å². The Balaban J connectivity index is 2.37. The Labute approximate surface area is 106 Å². The van der Waals surface area contributed by atoms with Crippen molar-refractivity contribution in [1.82, 2.24) is 4.98 Å². The Kier molecular flexibility index (Phi) is 3.61. The quantitative estimate of drug-likeness (QED) is 0.855. The van der Waals surface area contributed by atoms with Gasteiger partial charge in [0.25, 0.3) is 0 Å². The molecule has 0 fully saturated rings. The predicted molar refractivity (Wildman–Crippen MR) is 63.9 cm³/mol. The lowest BCUT2D eigenvalue weighted by Gasteiger charge is -2.06. The van der Waals surface area contributed by atoms with Crippen LogP contribution in [0.2, 0.25) is 0 Å². The lowest BCUT2D eigenvalue weighted by Crippen LogP contribution is -1.92. The van der Waals surface area contributed by atoms with E-state index in [2.05, 4.69) is 4.98 Å². The minimum absolute atomic E-state index is 0.0732. The van der Waals surface area contributed by atoms with Crippen molar-refractivity contribution in [3.8, 4) is 11.8 Å². The summed E-state index contributed by atoms with van der Waals surface area (Å²) in [7, 11) is 1.41. The van der Waals surface area contributed by atoms with Crippen LogP contribution in [0.25, 0.3) is 0 Å². The van der Waals surface area contributed by atoms with Crippen LogP contribution in [0.1, 0.15) is 5.56 Å². The van der Waals surface area contributed by atoms with E-state index >= 15 is 0 Å². The summed E-state index contributed by atoms with van der Waals surface area (Å²) in [6, 6.07) is 4.72. The third-order valence-electron chi connectivity index (χ3n) is 1.97. The molecule has 2 aromatic rings. The Bertz CT molecular complexity index is 564. The Morgan fingerprint density at radius 1 is 1.53 bits per heavy atom. The number of thiazole rings is 1. The van der Waals surface area contributed by atoms with Gasteiger partial charge in [-0.1, -0.05) is 11.8 Å². The van der Waals surface area contributed by atoms with Gasteiger partial charge in [0.15, 0.2) is 4.34 Å². The number of ether oxygens (including phenoxy) is 1. The van der Waals surface area contributed by atoms with Gasteiger partial charge in [0.05, 0.1) is 7.11 Å². The molecule has 0 amide bonds. The number of halogens is 1. The van der Waals surface area contributed by atoms with Crippen LogP contribution >= 0.6 is 23.1 Å². The number of nitrogens with zero attached hydrogens (tertiary/aromatic N) is 2. The van der Waals surface area contributed by atoms with E-state index in [1.807, 2.05) is 5.38 Å². The highest BCUT2D eigenvalue weighted by Crippen LogP contribution is 2.34. The molecule has 0 unspecified atom stereocenters. The molecule has 0 atom stereocenters. The fourth-order valence-corrected chi connectivity index (χ4v) is 2.90. The van der Waals surface area contributed by atoms with Gasteiger partial charge in [-0.3, -0.25) is 0 Å². The fraction of sp³-hybridized carbons (Fsp3) is 0.0909. The third kappa shape index (κ3) is 2.57. The van der Waals surface area contributed by atoms with Crippen molar-refractivity contribution in [3.63, 3.8) is 0 Å². The summed E-state index contributed by atoms with van der Waals surface area (Å²) >= 11 is 2.81. The lowest BCUT2D eigenvalue weighted by atomic mass is 10.2. The van der Waals surface area contributed by atoms with Gasteiger partial charge < -0.3 is 4.74 Å². The highest BCUT2D eigenvalue weighted by Gasteiger charge is 2.12. The topological polar surface area (TPSA) is 45.9 Å². The summed E-state index contributed by atoms with van der Waals surface area (Å²) in [6.07, 6.45) is 1.68. The Morgan fingerprint density at radius 2 is 2.35 bits per heavy atom. The van der Waals surface area contributed by atoms with Crippen LogP contribution in [0.4, 0.5) is 4.39 Å². The second-order valence-corrected chi connectivity index (χ2v) is 5.21. The number of methoxy groups -OCH3 is 1. The highest BCUT2D eigenvalue weighted by atomic mass is 32.2. The molecule has 1 aromatic carbocycles. The van der Waals surface area contributed by atoms with Gasteiger partial charge in [0.2, 0.25) is 0 Å². The minimum Gasteiger partial charge on any atom is -0.495 e. The summed E-state index contributed by atoms with van der Waals surface area (Å²) in [4.78, 5) is 4.75. The molecular weight excluding hydrogens is 259 g/mol. The van der Waals surface area contributed by atoms with Gasteiger partial charge in [0, 0.05) is 16.5 Å². The molecule has 0 aliphatic heterocycles. The molecule has 17 heavy (non-hydrogen) atoms. The molecule has 0 spiro atoms. The summed E-state index contributed by atoms with van der Waals surface area (Å²) in [5.74, 6) is -0.336. The van der Waals surface area contributed by atoms with Crippen LogP contribution in [0.15, 0.2) is 32.9 Å². The summed E-state index contributed by atoms with van der Waals surface area (Å²) < 4.78 is 19.4. The molecule has 2 rings (SSSR count). The molecule has 3 nitrogen and oxygen atoms in total. The standard InChI is InChI=1S/C11H7FN2OS2/c1-15-10-5-7(4-9(12)8(10)6-13)17-11-14-2-3-16-11/h2-5H,1H3. The first-order chi connectivity index (χ1) is 8.24. The second kappa shape index (κ2) is 5.17. The molecule has 0 bridgehead atoms. The predicted octanol–water partition coefficient (Wildman–Crippen LogP) is 3.31. The number of nitriles is 1. The van der Waals surface area contributed by atoms with E-state index in [9.17, 15) is 4.39 Å². The molecule has 0 aliphatic rings. The van der Waals surface area contributed by atoms with E-state index in [1.54, 1.807) is 18.3 Å². The first-order valence-corrected chi connectivity index (χ1v) is 6.29. The van der Waals surface area contributed by atoms with E-state index < -0.39 is 5.82 Å². The lowest BCUT2D eigenvalue weighted by molar-refractivity contribution is 0.408. The third-order valence-corrected chi connectivity index (χ3v) is 3.83. The van der Waals surface area contributed by atoms with Crippen molar-refractivity contribution in [1.29, 1.82) is 5.26 Å². The van der Waals surface area contributed by atoms with E-state index in [-0.39, 0.29) is 11.3 Å². The number of benzene rings is 1. The van der Waals surface area contributed by atoms with Gasteiger partial charge in [-0.2, -0.15) is 5.26 Å². The number of aromatic nitrogens is 1. The van der Waals surface area contributed by atoms with Gasteiger partial charge in [-0.25, -0.2) is 9.37 Å². The van der Waals surface area contributed by atoms with Crippen LogP contribution in [-0.2, 0) is 0 Å². The van der Waals surface area contributed by atoms with Crippen molar-refractivity contribution >= 4 is 23.1 Å². The van der Waals surface area contributed by atoms with Crippen LogP contribution < -0.4 is 4.74 Å². The monoisotopic (exact) mass is 266 g/mol. The highest BCUT2D eigenvalue weighted by molar-refractivity contribution is 8.01. The summed E-state index contributed by atoms with van der Waals surface area (Å²) in [5, 5.41) is 10.6. The Morgan fingerprint density at radius 3 is 2.94 bits per heavy atom. The SMILES string of the molecule is COc1cc(Sc2nccs2)cc(F)c1C#N. The normalized spacial score (nSPS) is 9.94. The second-order valence-electron chi connectivity index (χ2n) is 2.99. The first kappa shape index (κ1) is 11.9. The molecule has 0 radical (unpaired) electrons. The van der Waals surface area contributed by atoms with E-state index in [0.717, 1.165) is 4.34 Å². The maximum Gasteiger partial charge on any atom is 0.154 e. The molecule has 86 valence electrons. The molecule has 6 heteroatoms. The maximum absolute atomic E-state index is 13.6. The molecule has 0 N–H and O–H groups in total. The molecule has 1 heterocycles. The molecule has 0 aliphatic carbocycles. The van der Waals surface area contributed by atoms with Gasteiger partial charge in [-0.05, 0) is 12.1 Å². The van der Waals surface area contributed by atoms with Gasteiger partial charge in [0.1, 0.15) is 23.2 Å². The van der Waals surface area contributed by atoms with E-state index in [1.165, 1.54) is 36.3 Å². The Hall–Kier alpha value is -1.58. The van der Waals surface area contributed by atoms with Crippen molar-refractivity contribution in [2.45, 2.75) is 9.24 Å². The molecule has 0 saturated carbocycles. The van der Waals surface area contributed by atoms with Crippen LogP contribution in [-0.4, -0.2) is 12.1 Å². The van der Waals surface area contributed by atoms with E-state index in [0.29, 0.717) is 4.90 Å². The van der Waals surface area contributed by atoms with Crippen molar-refractivity contribution in [2.75, 3.05) is 7.11 Å². The zero-order valence-corrected chi connectivity index (χ0v) is 10.4. The smallest absolute Gasteiger partial charge is 0.154 e. The largest absolute Gasteiger partial charge is 0.495 e. The van der Waals surface area contributed by atoms with Crippen molar-refractivity contribution < 1.29 is 9.13 Å². The zero-order valence-electron chi connectivity index (χ0n) is 8.81. The summed E-state index contributed by atoms with van der Waals surface area (Å²) in [5.41, 5.74) is -0.0732. The molecular formula is C11H7FN2OS2. The van der Waals surface area contributed by atoms with Crippen molar-refractivity contribution in [3.05, 3.63) is 35.1 Å². The van der Waals surface area contributed by atoms with Gasteiger partial charge in [-0.15, -0.1) is 11.3 Å². The number of hydrogen-bond donors (Lipinski definition) is 0. The number of hydrogen-bond acceptors (Lipinski definition) is 5. The number of rotatable bonds is 3. The maximum atomic E-state index is 13.6. The molecule has 0 saturated heterocycles. The van der Waals surface area contributed by atoms with E-state index in [4.69, 9.17) is 10.00 Å².